The molecule has 0 aliphatic carbocycles. The quantitative estimate of drug-likeness (QED) is 0.0203. The van der Waals surface area contributed by atoms with Crippen molar-refractivity contribution in [3.8, 4) is 0 Å². The van der Waals surface area contributed by atoms with Crippen LogP contribution in [0, 0.1) is 0 Å². The lowest BCUT2D eigenvalue weighted by Crippen LogP contribution is -2.61. The number of aliphatic hydroxyl groups is 5. The summed E-state index contributed by atoms with van der Waals surface area (Å²) in [6, 6.07) is -1.11. The zero-order chi connectivity index (χ0) is 40.7. The van der Waals surface area contributed by atoms with Crippen LogP contribution in [0.2, 0.25) is 0 Å². The van der Waals surface area contributed by atoms with Crippen LogP contribution < -0.4 is 5.32 Å². The van der Waals surface area contributed by atoms with E-state index >= 15 is 0 Å². The largest absolute Gasteiger partial charge is 0.397 e. The van der Waals surface area contributed by atoms with Gasteiger partial charge in [0.05, 0.1) is 25.4 Å². The lowest BCUT2D eigenvalue weighted by Gasteiger charge is -2.41. The molecular formula is C41H79NO12S. The zero-order valence-electron chi connectivity index (χ0n) is 34.1. The second-order valence-corrected chi connectivity index (χ2v) is 16.5. The fourth-order valence-electron chi connectivity index (χ4n) is 6.93. The predicted molar refractivity (Wildman–Crippen MR) is 215 cm³/mol. The molecule has 7 N–H and O–H groups in total. The van der Waals surface area contributed by atoms with Crippen molar-refractivity contribution >= 4 is 16.3 Å². The van der Waals surface area contributed by atoms with E-state index in [-0.39, 0.29) is 6.42 Å². The van der Waals surface area contributed by atoms with Crippen molar-refractivity contribution in [2.24, 2.45) is 0 Å². The van der Waals surface area contributed by atoms with Gasteiger partial charge < -0.3 is 40.3 Å². The van der Waals surface area contributed by atoms with Gasteiger partial charge in [0, 0.05) is 0 Å². The maximum absolute atomic E-state index is 13.0. The van der Waals surface area contributed by atoms with Gasteiger partial charge in [0.2, 0.25) is 5.91 Å². The van der Waals surface area contributed by atoms with Crippen molar-refractivity contribution in [1.29, 1.82) is 0 Å². The number of unbranched alkanes of at least 4 members (excludes halogenated alkanes) is 23. The highest BCUT2D eigenvalue weighted by atomic mass is 32.3. The van der Waals surface area contributed by atoms with Gasteiger partial charge >= 0.3 is 10.4 Å². The summed E-state index contributed by atoms with van der Waals surface area (Å²) in [4.78, 5) is 13.0. The Balaban J connectivity index is 2.65. The standard InChI is InChI=1S/C41H79NO12S/c1-3-5-7-9-11-13-15-16-17-18-20-21-23-25-27-29-34(44)33(32-52-41-38(47)39(54-55(49,50)51)37(46)36(31-43)53-41)42-40(48)35(45)30-28-26-24-22-19-14-12-10-8-6-4-2/h27,29,33-39,41,43-47H,3-26,28,30-32H2,1-2H3,(H,42,48)(H,49,50,51)/b29-27+. The number of carbonyl (C=O) groups is 1. The van der Waals surface area contributed by atoms with Crippen molar-refractivity contribution in [3.05, 3.63) is 12.2 Å². The van der Waals surface area contributed by atoms with Gasteiger partial charge in [-0.05, 0) is 19.3 Å². The average molecular weight is 810 g/mol. The van der Waals surface area contributed by atoms with Gasteiger partial charge in [0.1, 0.15) is 30.5 Å². The van der Waals surface area contributed by atoms with Gasteiger partial charge in [-0.15, -0.1) is 0 Å². The first-order chi connectivity index (χ1) is 26.4. The van der Waals surface area contributed by atoms with E-state index in [4.69, 9.17) is 14.0 Å². The first-order valence-corrected chi connectivity index (χ1v) is 23.0. The van der Waals surface area contributed by atoms with Crippen molar-refractivity contribution in [2.45, 2.75) is 230 Å². The number of hydrogen-bond acceptors (Lipinski definition) is 11. The second kappa shape index (κ2) is 32.7. The maximum Gasteiger partial charge on any atom is 0.397 e. The summed E-state index contributed by atoms with van der Waals surface area (Å²) in [5.41, 5.74) is 0. The van der Waals surface area contributed by atoms with Crippen LogP contribution in [0.15, 0.2) is 12.2 Å². The second-order valence-electron chi connectivity index (χ2n) is 15.4. The van der Waals surface area contributed by atoms with Crippen LogP contribution in [0.4, 0.5) is 0 Å². The number of rotatable bonds is 36. The third kappa shape index (κ3) is 25.7. The van der Waals surface area contributed by atoms with Gasteiger partial charge in [-0.1, -0.05) is 174 Å². The number of ether oxygens (including phenoxy) is 2. The third-order valence-electron chi connectivity index (χ3n) is 10.4. The first-order valence-electron chi connectivity index (χ1n) is 21.7. The molecule has 0 saturated carbocycles. The Morgan fingerprint density at radius 2 is 1.18 bits per heavy atom. The molecule has 1 aliphatic rings. The normalized spacial score (nSPS) is 22.2. The van der Waals surface area contributed by atoms with E-state index in [1.54, 1.807) is 0 Å². The Labute approximate surface area is 333 Å². The number of aliphatic hydroxyl groups excluding tert-OH is 5. The van der Waals surface area contributed by atoms with E-state index in [1.807, 2.05) is 6.08 Å². The first kappa shape index (κ1) is 51.8. The molecule has 0 radical (unpaired) electrons. The minimum atomic E-state index is -5.11. The van der Waals surface area contributed by atoms with Crippen LogP contribution in [0.25, 0.3) is 0 Å². The molecule has 1 heterocycles. The lowest BCUT2D eigenvalue weighted by atomic mass is 9.99. The number of allylic oxidation sites excluding steroid dienone is 1. The average Bonchev–Trinajstić information content (AvgIpc) is 3.15. The molecule has 14 heteroatoms. The predicted octanol–water partition coefficient (Wildman–Crippen LogP) is 6.58. The van der Waals surface area contributed by atoms with Gasteiger partial charge in [0.25, 0.3) is 0 Å². The van der Waals surface area contributed by atoms with Crippen molar-refractivity contribution in [3.63, 3.8) is 0 Å². The molecule has 0 bridgehead atoms. The van der Waals surface area contributed by atoms with Gasteiger partial charge in [-0.25, -0.2) is 4.18 Å². The van der Waals surface area contributed by atoms with Gasteiger partial charge in [0.15, 0.2) is 6.29 Å². The molecule has 8 unspecified atom stereocenters. The summed E-state index contributed by atoms with van der Waals surface area (Å²) < 4.78 is 47.4. The summed E-state index contributed by atoms with van der Waals surface area (Å²) in [6.45, 7) is 3.19. The highest BCUT2D eigenvalue weighted by Crippen LogP contribution is 2.26. The Morgan fingerprint density at radius 3 is 1.64 bits per heavy atom. The van der Waals surface area contributed by atoms with Crippen LogP contribution in [0.1, 0.15) is 181 Å². The van der Waals surface area contributed by atoms with Gasteiger partial charge in [-0.2, -0.15) is 8.42 Å². The highest BCUT2D eigenvalue weighted by molar-refractivity contribution is 7.80. The molecule has 0 aromatic heterocycles. The van der Waals surface area contributed by atoms with Crippen LogP contribution in [-0.2, 0) is 28.9 Å². The highest BCUT2D eigenvalue weighted by Gasteiger charge is 2.48. The minimum Gasteiger partial charge on any atom is -0.394 e. The van der Waals surface area contributed by atoms with Crippen LogP contribution >= 0.6 is 0 Å². The van der Waals surface area contributed by atoms with E-state index in [2.05, 4.69) is 23.3 Å². The number of nitrogens with one attached hydrogen (secondary N) is 1. The summed E-state index contributed by atoms with van der Waals surface area (Å²) in [5, 5.41) is 55.0. The zero-order valence-corrected chi connectivity index (χ0v) is 34.9. The number of amides is 1. The van der Waals surface area contributed by atoms with E-state index < -0.39 is 78.5 Å². The molecule has 1 fully saturated rings. The fraction of sp³-hybridized carbons (Fsp3) is 0.927. The Hall–Kier alpha value is -1.20. The minimum absolute atomic E-state index is 0.247. The van der Waals surface area contributed by atoms with Crippen LogP contribution in [0.3, 0.4) is 0 Å². The van der Waals surface area contributed by atoms with E-state index in [0.717, 1.165) is 38.5 Å². The molecule has 1 aliphatic heterocycles. The fourth-order valence-corrected chi connectivity index (χ4v) is 7.44. The topological polar surface area (TPSA) is 212 Å². The lowest BCUT2D eigenvalue weighted by molar-refractivity contribution is -0.298. The molecular weight excluding hydrogens is 731 g/mol. The van der Waals surface area contributed by atoms with Crippen molar-refractivity contribution < 1.29 is 57.0 Å². The van der Waals surface area contributed by atoms with E-state index in [9.17, 15) is 38.7 Å². The molecule has 0 spiro atoms. The van der Waals surface area contributed by atoms with Crippen molar-refractivity contribution in [1.82, 2.24) is 5.32 Å². The van der Waals surface area contributed by atoms with Crippen molar-refractivity contribution in [2.75, 3.05) is 13.2 Å². The van der Waals surface area contributed by atoms with E-state index in [1.165, 1.54) is 115 Å². The maximum atomic E-state index is 13.0. The number of hydrogen-bond donors (Lipinski definition) is 7. The molecule has 55 heavy (non-hydrogen) atoms. The smallest absolute Gasteiger partial charge is 0.394 e. The van der Waals surface area contributed by atoms with Crippen LogP contribution in [0.5, 0.6) is 0 Å². The molecule has 1 rings (SSSR count). The summed E-state index contributed by atoms with van der Waals surface area (Å²) in [7, 11) is -5.11. The Kier molecular flexibility index (Phi) is 30.8. The molecule has 1 saturated heterocycles. The molecule has 0 aromatic carbocycles. The molecule has 0 aromatic rings. The molecule has 13 nitrogen and oxygen atoms in total. The Morgan fingerprint density at radius 1 is 0.727 bits per heavy atom. The number of carbonyl (C=O) groups excluding carboxylic acids is 1. The summed E-state index contributed by atoms with van der Waals surface area (Å²) in [5.74, 6) is -0.703. The summed E-state index contributed by atoms with van der Waals surface area (Å²) in [6.07, 6.45) is 21.6. The molecule has 326 valence electrons. The van der Waals surface area contributed by atoms with Gasteiger partial charge in [-0.3, -0.25) is 9.35 Å². The Bertz CT molecular complexity index is 1060. The molecule has 8 atom stereocenters. The third-order valence-corrected chi connectivity index (χ3v) is 10.9. The van der Waals surface area contributed by atoms with Crippen LogP contribution in [-0.4, -0.2) is 107 Å². The summed E-state index contributed by atoms with van der Waals surface area (Å²) >= 11 is 0. The van der Waals surface area contributed by atoms with E-state index in [0.29, 0.717) is 12.8 Å². The molecule has 1 amide bonds. The monoisotopic (exact) mass is 810 g/mol. The SMILES string of the molecule is CCCCCCCCCCCCCCC/C=C/C(O)C(COC1OC(CO)C(O)C(OS(=O)(=O)O)C1O)NC(=O)C(O)CCCCCCCCCCCCC.